The van der Waals surface area contributed by atoms with Crippen LogP contribution in [-0.4, -0.2) is 17.7 Å². The van der Waals surface area contributed by atoms with Crippen molar-refractivity contribution in [3.63, 3.8) is 0 Å². The van der Waals surface area contributed by atoms with Crippen molar-refractivity contribution in [2.45, 2.75) is 52.2 Å². The van der Waals surface area contributed by atoms with Gasteiger partial charge < -0.3 is 9.47 Å². The number of unbranched alkanes of at least 4 members (excludes halogenated alkanes) is 2. The van der Waals surface area contributed by atoms with E-state index in [9.17, 15) is 9.59 Å². The van der Waals surface area contributed by atoms with Crippen LogP contribution in [0.5, 0.6) is 0 Å². The van der Waals surface area contributed by atoms with Crippen LogP contribution in [0.25, 0.3) is 6.08 Å². The van der Waals surface area contributed by atoms with Gasteiger partial charge in [0.1, 0.15) is 5.57 Å². The molecule has 4 nitrogen and oxygen atoms in total. The zero-order valence-corrected chi connectivity index (χ0v) is 13.3. The fraction of sp³-hybridized carbons (Fsp3) is 0.444. The molecule has 22 heavy (non-hydrogen) atoms. The highest BCUT2D eigenvalue weighted by Crippen LogP contribution is 2.24. The van der Waals surface area contributed by atoms with E-state index >= 15 is 0 Å². The fourth-order valence-electron chi connectivity index (χ4n) is 2.30. The van der Waals surface area contributed by atoms with E-state index in [1.807, 2.05) is 24.3 Å². The van der Waals surface area contributed by atoms with Gasteiger partial charge in [0.2, 0.25) is 0 Å². The highest BCUT2D eigenvalue weighted by atomic mass is 16.7. The number of hydrogen-bond acceptors (Lipinski definition) is 4. The van der Waals surface area contributed by atoms with Crippen LogP contribution in [0, 0.1) is 0 Å². The Morgan fingerprint density at radius 3 is 2.14 bits per heavy atom. The van der Waals surface area contributed by atoms with Crippen molar-refractivity contribution in [1.29, 1.82) is 0 Å². The molecule has 0 amide bonds. The van der Waals surface area contributed by atoms with Gasteiger partial charge in [-0.1, -0.05) is 44.0 Å². The second-order valence-corrected chi connectivity index (χ2v) is 5.94. The lowest BCUT2D eigenvalue weighted by molar-refractivity contribution is -0.222. The molecule has 0 spiro atoms. The van der Waals surface area contributed by atoms with Crippen molar-refractivity contribution >= 4 is 18.0 Å². The summed E-state index contributed by atoms with van der Waals surface area (Å²) in [7, 11) is 0. The molecule has 1 aliphatic heterocycles. The standard InChI is InChI=1S/C18H22O4/c1-4-5-6-7-13-8-10-14(11-9-13)12-15-16(19)21-18(2,3)22-17(15)20/h8-12H,4-7H2,1-3H3. The van der Waals surface area contributed by atoms with Crippen LogP contribution in [0.4, 0.5) is 0 Å². The van der Waals surface area contributed by atoms with Crippen LogP contribution in [0.2, 0.25) is 0 Å². The summed E-state index contributed by atoms with van der Waals surface area (Å²) in [6.07, 6.45) is 6.15. The van der Waals surface area contributed by atoms with E-state index in [-0.39, 0.29) is 5.57 Å². The van der Waals surface area contributed by atoms with Gasteiger partial charge in [-0.15, -0.1) is 0 Å². The zero-order valence-electron chi connectivity index (χ0n) is 13.3. The highest BCUT2D eigenvalue weighted by molar-refractivity contribution is 6.18. The minimum atomic E-state index is -1.20. The summed E-state index contributed by atoms with van der Waals surface area (Å²) in [5.41, 5.74) is 1.96. The quantitative estimate of drug-likeness (QED) is 0.361. The van der Waals surface area contributed by atoms with Crippen LogP contribution in [0.15, 0.2) is 29.8 Å². The number of carbonyl (C=O) groups is 2. The molecule has 1 aromatic carbocycles. The van der Waals surface area contributed by atoms with E-state index in [4.69, 9.17) is 9.47 Å². The van der Waals surface area contributed by atoms with E-state index in [1.54, 1.807) is 0 Å². The lowest BCUT2D eigenvalue weighted by Crippen LogP contribution is -2.41. The van der Waals surface area contributed by atoms with E-state index in [2.05, 4.69) is 6.92 Å². The zero-order chi connectivity index (χ0) is 16.2. The molecule has 4 heteroatoms. The number of aryl methyl sites for hydroxylation is 1. The topological polar surface area (TPSA) is 52.6 Å². The molecular weight excluding hydrogens is 280 g/mol. The summed E-state index contributed by atoms with van der Waals surface area (Å²) in [6.45, 7) is 5.24. The number of benzene rings is 1. The molecule has 1 saturated heterocycles. The lowest BCUT2D eigenvalue weighted by atomic mass is 10.0. The van der Waals surface area contributed by atoms with E-state index in [0.29, 0.717) is 0 Å². The molecule has 1 heterocycles. The van der Waals surface area contributed by atoms with Gasteiger partial charge >= 0.3 is 11.9 Å². The summed E-state index contributed by atoms with van der Waals surface area (Å²) in [5.74, 6) is -2.49. The summed E-state index contributed by atoms with van der Waals surface area (Å²) in [6, 6.07) is 7.83. The summed E-state index contributed by atoms with van der Waals surface area (Å²) >= 11 is 0. The predicted octanol–water partition coefficient (Wildman–Crippen LogP) is 3.64. The molecule has 0 bridgehead atoms. The first kappa shape index (κ1) is 16.3. The average molecular weight is 302 g/mol. The van der Waals surface area contributed by atoms with Crippen LogP contribution in [-0.2, 0) is 25.5 Å². The average Bonchev–Trinajstić information content (AvgIpc) is 2.44. The molecule has 1 aliphatic rings. The minimum absolute atomic E-state index is 0.0712. The lowest BCUT2D eigenvalue weighted by Gasteiger charge is -2.29. The second-order valence-electron chi connectivity index (χ2n) is 5.94. The highest BCUT2D eigenvalue weighted by Gasteiger charge is 2.38. The molecule has 0 radical (unpaired) electrons. The molecule has 0 atom stereocenters. The van der Waals surface area contributed by atoms with Gasteiger partial charge in [-0.25, -0.2) is 9.59 Å². The van der Waals surface area contributed by atoms with Crippen LogP contribution < -0.4 is 0 Å². The molecule has 1 fully saturated rings. The number of rotatable bonds is 5. The van der Waals surface area contributed by atoms with Crippen molar-refractivity contribution in [2.75, 3.05) is 0 Å². The van der Waals surface area contributed by atoms with Gasteiger partial charge in [0.15, 0.2) is 0 Å². The number of ether oxygens (including phenoxy) is 2. The fourth-order valence-corrected chi connectivity index (χ4v) is 2.30. The van der Waals surface area contributed by atoms with Crippen molar-refractivity contribution < 1.29 is 19.1 Å². The minimum Gasteiger partial charge on any atom is -0.419 e. The maximum Gasteiger partial charge on any atom is 0.348 e. The van der Waals surface area contributed by atoms with Gasteiger partial charge in [0, 0.05) is 13.8 Å². The Hall–Kier alpha value is -2.10. The molecular formula is C18H22O4. The van der Waals surface area contributed by atoms with Gasteiger partial charge in [-0.05, 0) is 30.0 Å². The SMILES string of the molecule is CCCCCc1ccc(C=C2C(=O)OC(C)(C)OC2=O)cc1. The normalized spacial score (nSPS) is 17.0. The first-order valence-electron chi connectivity index (χ1n) is 7.68. The van der Waals surface area contributed by atoms with Gasteiger partial charge in [-0.2, -0.15) is 0 Å². The molecule has 0 unspecified atom stereocenters. The largest absolute Gasteiger partial charge is 0.419 e. The Balaban J connectivity index is 2.09. The van der Waals surface area contributed by atoms with Crippen molar-refractivity contribution in [2.24, 2.45) is 0 Å². The molecule has 118 valence electrons. The Morgan fingerprint density at radius 1 is 1.00 bits per heavy atom. The van der Waals surface area contributed by atoms with Crippen molar-refractivity contribution in [1.82, 2.24) is 0 Å². The first-order chi connectivity index (χ1) is 10.4. The number of carbonyl (C=O) groups excluding carboxylic acids is 2. The van der Waals surface area contributed by atoms with E-state index in [0.717, 1.165) is 12.0 Å². The van der Waals surface area contributed by atoms with Crippen LogP contribution in [0.3, 0.4) is 0 Å². The third-order valence-electron chi connectivity index (χ3n) is 3.48. The van der Waals surface area contributed by atoms with Crippen molar-refractivity contribution in [3.05, 3.63) is 41.0 Å². The predicted molar refractivity (Wildman–Crippen MR) is 83.9 cm³/mol. The molecule has 0 aliphatic carbocycles. The number of esters is 2. The molecule has 0 aromatic heterocycles. The summed E-state index contributed by atoms with van der Waals surface area (Å²) in [5, 5.41) is 0. The number of cyclic esters (lactones) is 2. The Bertz CT molecular complexity index is 560. The Labute approximate surface area is 131 Å². The van der Waals surface area contributed by atoms with Crippen LogP contribution in [0.1, 0.15) is 51.2 Å². The van der Waals surface area contributed by atoms with Gasteiger partial charge in [0.25, 0.3) is 5.79 Å². The van der Waals surface area contributed by atoms with E-state index < -0.39 is 17.7 Å². The van der Waals surface area contributed by atoms with Gasteiger partial charge in [-0.3, -0.25) is 0 Å². The number of hydrogen-bond donors (Lipinski definition) is 0. The maximum absolute atomic E-state index is 11.9. The smallest absolute Gasteiger partial charge is 0.348 e. The second kappa shape index (κ2) is 6.77. The first-order valence-corrected chi connectivity index (χ1v) is 7.68. The van der Waals surface area contributed by atoms with Crippen molar-refractivity contribution in [3.8, 4) is 0 Å². The molecule has 0 N–H and O–H groups in total. The molecule has 2 rings (SSSR count). The molecule has 1 aromatic rings. The third-order valence-corrected chi connectivity index (χ3v) is 3.48. The summed E-state index contributed by atoms with van der Waals surface area (Å²) in [4.78, 5) is 23.7. The third kappa shape index (κ3) is 4.20. The van der Waals surface area contributed by atoms with Gasteiger partial charge in [0.05, 0.1) is 0 Å². The maximum atomic E-state index is 11.9. The monoisotopic (exact) mass is 302 g/mol. The molecule has 0 saturated carbocycles. The van der Waals surface area contributed by atoms with Crippen LogP contribution >= 0.6 is 0 Å². The summed E-state index contributed by atoms with van der Waals surface area (Å²) < 4.78 is 10.1. The van der Waals surface area contributed by atoms with E-state index in [1.165, 1.54) is 44.7 Å². The Kier molecular flexibility index (Phi) is 5.01. The Morgan fingerprint density at radius 2 is 1.59 bits per heavy atom.